The number of imidazole rings is 1. The summed E-state index contributed by atoms with van der Waals surface area (Å²) in [6, 6.07) is 5.55. The summed E-state index contributed by atoms with van der Waals surface area (Å²) < 4.78 is 10.7. The molecule has 0 unspecified atom stereocenters. The van der Waals surface area contributed by atoms with Gasteiger partial charge in [0.15, 0.2) is 18.1 Å². The van der Waals surface area contributed by atoms with E-state index in [1.807, 2.05) is 19.1 Å². The lowest BCUT2D eigenvalue weighted by molar-refractivity contribution is -0.123. The van der Waals surface area contributed by atoms with E-state index in [0.29, 0.717) is 18.0 Å². The molecule has 2 N–H and O–H groups in total. The van der Waals surface area contributed by atoms with Crippen LogP contribution in [0.25, 0.3) is 0 Å². The van der Waals surface area contributed by atoms with Gasteiger partial charge in [0.1, 0.15) is 0 Å². The minimum atomic E-state index is -0.206. The average Bonchev–Trinajstić information content (AvgIpc) is 2.97. The molecule has 0 aliphatic heterocycles. The molecule has 0 aliphatic rings. The van der Waals surface area contributed by atoms with Gasteiger partial charge in [0.2, 0.25) is 0 Å². The highest BCUT2D eigenvalue weighted by molar-refractivity contribution is 5.77. The molecule has 6 nitrogen and oxygen atoms in total. The Morgan fingerprint density at radius 2 is 2.25 bits per heavy atom. The van der Waals surface area contributed by atoms with Crippen LogP contribution in [-0.4, -0.2) is 29.6 Å². The Morgan fingerprint density at radius 1 is 1.40 bits per heavy atom. The number of ether oxygens (including phenoxy) is 2. The highest BCUT2D eigenvalue weighted by Crippen LogP contribution is 2.27. The standard InChI is InChI=1S/C14H17N3O3/c1-10-3-4-12(13(5-10)19-2)20-8-14(18)16-7-11-6-15-9-17-11/h3-6,9H,7-8H2,1-2H3,(H,15,17)(H,16,18). The molecule has 1 aromatic carbocycles. The molecule has 20 heavy (non-hydrogen) atoms. The Morgan fingerprint density at radius 3 is 2.95 bits per heavy atom. The predicted octanol–water partition coefficient (Wildman–Crippen LogP) is 1.42. The van der Waals surface area contributed by atoms with Gasteiger partial charge in [-0.2, -0.15) is 0 Å². The van der Waals surface area contributed by atoms with E-state index in [9.17, 15) is 4.79 Å². The number of methoxy groups -OCH3 is 1. The SMILES string of the molecule is COc1cc(C)ccc1OCC(=O)NCc1cnc[nH]1. The lowest BCUT2D eigenvalue weighted by Gasteiger charge is -2.11. The van der Waals surface area contributed by atoms with E-state index in [-0.39, 0.29) is 12.5 Å². The Balaban J connectivity index is 1.84. The fourth-order valence-electron chi connectivity index (χ4n) is 1.66. The van der Waals surface area contributed by atoms with Crippen LogP contribution in [-0.2, 0) is 11.3 Å². The van der Waals surface area contributed by atoms with Crippen LogP contribution in [0.3, 0.4) is 0 Å². The third kappa shape index (κ3) is 3.74. The van der Waals surface area contributed by atoms with Crippen LogP contribution in [0.4, 0.5) is 0 Å². The van der Waals surface area contributed by atoms with Gasteiger partial charge in [-0.15, -0.1) is 0 Å². The first-order chi connectivity index (χ1) is 9.69. The predicted molar refractivity (Wildman–Crippen MR) is 73.7 cm³/mol. The zero-order chi connectivity index (χ0) is 14.4. The third-order valence-electron chi connectivity index (χ3n) is 2.71. The summed E-state index contributed by atoms with van der Waals surface area (Å²) in [4.78, 5) is 18.4. The number of nitrogens with zero attached hydrogens (tertiary/aromatic N) is 1. The maximum atomic E-state index is 11.7. The smallest absolute Gasteiger partial charge is 0.258 e. The number of H-pyrrole nitrogens is 1. The van der Waals surface area contributed by atoms with Crippen LogP contribution < -0.4 is 14.8 Å². The fourth-order valence-corrected chi connectivity index (χ4v) is 1.66. The second-order valence-electron chi connectivity index (χ2n) is 4.30. The van der Waals surface area contributed by atoms with E-state index in [4.69, 9.17) is 9.47 Å². The van der Waals surface area contributed by atoms with Crippen molar-refractivity contribution in [3.8, 4) is 11.5 Å². The minimum Gasteiger partial charge on any atom is -0.493 e. The molecule has 1 aromatic heterocycles. The molecular weight excluding hydrogens is 258 g/mol. The monoisotopic (exact) mass is 275 g/mol. The average molecular weight is 275 g/mol. The van der Waals surface area contributed by atoms with Crippen molar-refractivity contribution in [3.05, 3.63) is 42.0 Å². The van der Waals surface area contributed by atoms with Crippen LogP contribution in [0, 0.1) is 6.92 Å². The third-order valence-corrected chi connectivity index (χ3v) is 2.71. The molecular formula is C14H17N3O3. The van der Waals surface area contributed by atoms with Crippen molar-refractivity contribution in [2.24, 2.45) is 0 Å². The van der Waals surface area contributed by atoms with E-state index in [0.717, 1.165) is 11.3 Å². The van der Waals surface area contributed by atoms with E-state index in [1.165, 1.54) is 0 Å². The van der Waals surface area contributed by atoms with Crippen molar-refractivity contribution in [1.29, 1.82) is 0 Å². The van der Waals surface area contributed by atoms with Crippen molar-refractivity contribution in [2.45, 2.75) is 13.5 Å². The van der Waals surface area contributed by atoms with Gasteiger partial charge in [-0.1, -0.05) is 6.07 Å². The largest absolute Gasteiger partial charge is 0.493 e. The zero-order valence-corrected chi connectivity index (χ0v) is 11.5. The summed E-state index contributed by atoms with van der Waals surface area (Å²) in [5.41, 5.74) is 1.91. The van der Waals surface area contributed by atoms with Crippen LogP contribution in [0.15, 0.2) is 30.7 Å². The Bertz CT molecular complexity index is 567. The highest BCUT2D eigenvalue weighted by atomic mass is 16.5. The molecule has 6 heteroatoms. The second-order valence-corrected chi connectivity index (χ2v) is 4.30. The molecule has 0 radical (unpaired) electrons. The molecule has 106 valence electrons. The van der Waals surface area contributed by atoms with Gasteiger partial charge in [-0.25, -0.2) is 4.98 Å². The first kappa shape index (κ1) is 13.9. The van der Waals surface area contributed by atoms with Crippen molar-refractivity contribution in [2.75, 3.05) is 13.7 Å². The summed E-state index contributed by atoms with van der Waals surface area (Å²) in [5, 5.41) is 2.73. The number of aryl methyl sites for hydroxylation is 1. The first-order valence-corrected chi connectivity index (χ1v) is 6.20. The number of carbonyl (C=O) groups is 1. The Hall–Kier alpha value is -2.50. The highest BCUT2D eigenvalue weighted by Gasteiger charge is 2.07. The van der Waals surface area contributed by atoms with Gasteiger partial charge in [0.05, 0.1) is 25.7 Å². The van der Waals surface area contributed by atoms with Crippen LogP contribution in [0.2, 0.25) is 0 Å². The number of amides is 1. The van der Waals surface area contributed by atoms with Crippen molar-refractivity contribution in [1.82, 2.24) is 15.3 Å². The number of hydrogen-bond acceptors (Lipinski definition) is 4. The molecule has 2 rings (SSSR count). The number of rotatable bonds is 6. The summed E-state index contributed by atoms with van der Waals surface area (Å²) in [6.45, 7) is 2.30. The van der Waals surface area contributed by atoms with Crippen LogP contribution >= 0.6 is 0 Å². The Kier molecular flexibility index (Phi) is 4.60. The second kappa shape index (κ2) is 6.60. The van der Waals surface area contributed by atoms with Crippen LogP contribution in [0.1, 0.15) is 11.3 Å². The summed E-state index contributed by atoms with van der Waals surface area (Å²) >= 11 is 0. The van der Waals surface area contributed by atoms with Crippen LogP contribution in [0.5, 0.6) is 11.5 Å². The first-order valence-electron chi connectivity index (χ1n) is 6.20. The quantitative estimate of drug-likeness (QED) is 0.836. The summed E-state index contributed by atoms with van der Waals surface area (Å²) in [6.07, 6.45) is 3.22. The van der Waals surface area contributed by atoms with E-state index in [1.54, 1.807) is 25.7 Å². The molecule has 0 bridgehead atoms. The van der Waals surface area contributed by atoms with Crippen molar-refractivity contribution >= 4 is 5.91 Å². The van der Waals surface area contributed by atoms with E-state index < -0.39 is 0 Å². The maximum absolute atomic E-state index is 11.7. The van der Waals surface area contributed by atoms with Gasteiger partial charge in [-0.3, -0.25) is 4.79 Å². The Labute approximate surface area is 117 Å². The van der Waals surface area contributed by atoms with Gasteiger partial charge < -0.3 is 19.8 Å². The van der Waals surface area contributed by atoms with Gasteiger partial charge in [0, 0.05) is 6.20 Å². The zero-order valence-electron chi connectivity index (χ0n) is 11.5. The van der Waals surface area contributed by atoms with E-state index >= 15 is 0 Å². The number of carbonyl (C=O) groups excluding carboxylic acids is 1. The summed E-state index contributed by atoms with van der Waals surface area (Å²) in [7, 11) is 1.57. The van der Waals surface area contributed by atoms with E-state index in [2.05, 4.69) is 15.3 Å². The van der Waals surface area contributed by atoms with Crippen molar-refractivity contribution in [3.63, 3.8) is 0 Å². The van der Waals surface area contributed by atoms with Crippen molar-refractivity contribution < 1.29 is 14.3 Å². The van der Waals surface area contributed by atoms with Gasteiger partial charge >= 0.3 is 0 Å². The molecule has 0 saturated carbocycles. The van der Waals surface area contributed by atoms with Gasteiger partial charge in [0.25, 0.3) is 5.91 Å². The molecule has 0 spiro atoms. The molecule has 1 heterocycles. The lowest BCUT2D eigenvalue weighted by Crippen LogP contribution is -2.28. The van der Waals surface area contributed by atoms with Gasteiger partial charge in [-0.05, 0) is 24.6 Å². The molecule has 0 aliphatic carbocycles. The topological polar surface area (TPSA) is 76.2 Å². The normalized spacial score (nSPS) is 10.1. The number of aromatic amines is 1. The fraction of sp³-hybridized carbons (Fsp3) is 0.286. The number of nitrogens with one attached hydrogen (secondary N) is 2. The number of aromatic nitrogens is 2. The molecule has 1 amide bonds. The molecule has 0 fully saturated rings. The molecule has 0 atom stereocenters. The summed E-state index contributed by atoms with van der Waals surface area (Å²) in [5.74, 6) is 0.961. The number of benzene rings is 1. The number of hydrogen-bond donors (Lipinski definition) is 2. The minimum absolute atomic E-state index is 0.0619. The molecule has 0 saturated heterocycles. The lowest BCUT2D eigenvalue weighted by atomic mass is 10.2. The maximum Gasteiger partial charge on any atom is 0.258 e. The molecule has 2 aromatic rings.